The highest BCUT2D eigenvalue weighted by Crippen LogP contribution is 2.43. The maximum atomic E-state index is 9.81. The predicted octanol–water partition coefficient (Wildman–Crippen LogP) is 2.81. The van der Waals surface area contributed by atoms with E-state index in [-0.39, 0.29) is 6.10 Å². The number of hydrogen-bond donors (Lipinski definition) is 1. The molecule has 1 saturated carbocycles. The fraction of sp³-hybridized carbons (Fsp3) is 0.600. The molecule has 2 heteroatoms. The zero-order valence-electron chi connectivity index (χ0n) is 7.50. The highest BCUT2D eigenvalue weighted by atomic mass is 32.1. The molecule has 12 heavy (non-hydrogen) atoms. The van der Waals surface area contributed by atoms with Gasteiger partial charge in [-0.15, -0.1) is 11.3 Å². The molecule has 2 rings (SSSR count). The Bertz CT molecular complexity index is 267. The molecule has 1 nitrogen and oxygen atoms in total. The number of aliphatic hydroxyl groups is 1. The van der Waals surface area contributed by atoms with Crippen LogP contribution in [0.4, 0.5) is 0 Å². The van der Waals surface area contributed by atoms with E-state index in [2.05, 4.69) is 19.9 Å². The molecule has 0 saturated heterocycles. The summed E-state index contributed by atoms with van der Waals surface area (Å²) < 4.78 is 0. The standard InChI is InChI=1S/C10H14OS/c1-6-5-9(12-7(6)2)10(11)8-3-4-8/h5,8,10-11H,3-4H2,1-2H3. The average Bonchev–Trinajstić information content (AvgIpc) is 2.80. The summed E-state index contributed by atoms with van der Waals surface area (Å²) in [4.78, 5) is 2.50. The average molecular weight is 182 g/mol. The van der Waals surface area contributed by atoms with Crippen LogP contribution in [0.2, 0.25) is 0 Å². The van der Waals surface area contributed by atoms with Gasteiger partial charge in [0, 0.05) is 9.75 Å². The summed E-state index contributed by atoms with van der Waals surface area (Å²) in [7, 11) is 0. The number of thiophene rings is 1. The van der Waals surface area contributed by atoms with Crippen LogP contribution in [0.3, 0.4) is 0 Å². The van der Waals surface area contributed by atoms with Crippen molar-refractivity contribution in [2.24, 2.45) is 5.92 Å². The number of rotatable bonds is 2. The van der Waals surface area contributed by atoms with Crippen molar-refractivity contribution < 1.29 is 5.11 Å². The van der Waals surface area contributed by atoms with Crippen LogP contribution in [0.15, 0.2) is 6.07 Å². The van der Waals surface area contributed by atoms with Crippen LogP contribution in [0, 0.1) is 19.8 Å². The molecule has 1 fully saturated rings. The van der Waals surface area contributed by atoms with Crippen molar-refractivity contribution in [3.8, 4) is 0 Å². The van der Waals surface area contributed by atoms with Crippen molar-refractivity contribution in [3.63, 3.8) is 0 Å². The third-order valence-electron chi connectivity index (χ3n) is 2.55. The summed E-state index contributed by atoms with van der Waals surface area (Å²) in [5.74, 6) is 0.558. The predicted molar refractivity (Wildman–Crippen MR) is 51.5 cm³/mol. The SMILES string of the molecule is Cc1cc(C(O)C2CC2)sc1C. The van der Waals surface area contributed by atoms with Crippen molar-refractivity contribution in [1.29, 1.82) is 0 Å². The smallest absolute Gasteiger partial charge is 0.0910 e. The lowest BCUT2D eigenvalue weighted by Crippen LogP contribution is -1.95. The largest absolute Gasteiger partial charge is 0.387 e. The fourth-order valence-corrected chi connectivity index (χ4v) is 2.51. The third-order valence-corrected chi connectivity index (χ3v) is 3.77. The first-order valence-corrected chi connectivity index (χ1v) is 5.25. The van der Waals surface area contributed by atoms with Crippen LogP contribution in [0.1, 0.15) is 34.3 Å². The van der Waals surface area contributed by atoms with Gasteiger partial charge in [0.2, 0.25) is 0 Å². The molecule has 0 aromatic carbocycles. The zero-order chi connectivity index (χ0) is 8.72. The number of aliphatic hydroxyl groups excluding tert-OH is 1. The summed E-state index contributed by atoms with van der Waals surface area (Å²) in [6.45, 7) is 4.22. The molecular weight excluding hydrogens is 168 g/mol. The molecule has 1 aromatic rings. The van der Waals surface area contributed by atoms with Crippen LogP contribution in [0.25, 0.3) is 0 Å². The van der Waals surface area contributed by atoms with Gasteiger partial charge in [0.25, 0.3) is 0 Å². The molecule has 1 aliphatic carbocycles. The fourth-order valence-electron chi connectivity index (χ4n) is 1.39. The van der Waals surface area contributed by atoms with Crippen LogP contribution < -0.4 is 0 Å². The summed E-state index contributed by atoms with van der Waals surface area (Å²) in [5, 5.41) is 9.81. The molecule has 0 bridgehead atoms. The second-order valence-corrected chi connectivity index (χ2v) is 4.96. The molecule has 1 aliphatic rings. The Balaban J connectivity index is 2.21. The molecule has 1 heterocycles. The van der Waals surface area contributed by atoms with E-state index in [1.165, 1.54) is 23.3 Å². The van der Waals surface area contributed by atoms with Crippen molar-refractivity contribution in [2.45, 2.75) is 32.8 Å². The Morgan fingerprint density at radius 1 is 1.50 bits per heavy atom. The Morgan fingerprint density at radius 2 is 2.17 bits per heavy atom. The van der Waals surface area contributed by atoms with E-state index in [0.29, 0.717) is 5.92 Å². The number of hydrogen-bond acceptors (Lipinski definition) is 2. The minimum Gasteiger partial charge on any atom is -0.387 e. The van der Waals surface area contributed by atoms with Gasteiger partial charge in [-0.25, -0.2) is 0 Å². The van der Waals surface area contributed by atoms with Gasteiger partial charge >= 0.3 is 0 Å². The van der Waals surface area contributed by atoms with Crippen molar-refractivity contribution in [1.82, 2.24) is 0 Å². The summed E-state index contributed by atoms with van der Waals surface area (Å²) in [6, 6.07) is 2.13. The Morgan fingerprint density at radius 3 is 2.58 bits per heavy atom. The normalized spacial score (nSPS) is 19.6. The highest BCUT2D eigenvalue weighted by molar-refractivity contribution is 7.12. The summed E-state index contributed by atoms with van der Waals surface area (Å²) >= 11 is 1.74. The summed E-state index contributed by atoms with van der Waals surface area (Å²) in [6.07, 6.45) is 2.23. The first kappa shape index (κ1) is 8.27. The molecule has 1 atom stereocenters. The minimum absolute atomic E-state index is 0.178. The van der Waals surface area contributed by atoms with E-state index in [4.69, 9.17) is 0 Å². The Kier molecular flexibility index (Phi) is 1.97. The van der Waals surface area contributed by atoms with Crippen LogP contribution in [-0.2, 0) is 0 Å². The van der Waals surface area contributed by atoms with Crippen molar-refractivity contribution in [2.75, 3.05) is 0 Å². The van der Waals surface area contributed by atoms with Crippen molar-refractivity contribution in [3.05, 3.63) is 21.4 Å². The van der Waals surface area contributed by atoms with Crippen LogP contribution in [-0.4, -0.2) is 5.11 Å². The minimum atomic E-state index is -0.178. The second kappa shape index (κ2) is 2.86. The highest BCUT2D eigenvalue weighted by Gasteiger charge is 2.31. The van der Waals surface area contributed by atoms with E-state index in [0.717, 1.165) is 4.88 Å². The molecule has 1 N–H and O–H groups in total. The number of aryl methyl sites for hydroxylation is 2. The van der Waals surface area contributed by atoms with Gasteiger partial charge in [-0.3, -0.25) is 0 Å². The van der Waals surface area contributed by atoms with E-state index in [1.807, 2.05) is 0 Å². The second-order valence-electron chi connectivity index (χ2n) is 3.67. The molecule has 1 aromatic heterocycles. The molecule has 0 radical (unpaired) electrons. The quantitative estimate of drug-likeness (QED) is 0.745. The summed E-state index contributed by atoms with van der Waals surface area (Å²) in [5.41, 5.74) is 1.31. The molecule has 0 spiro atoms. The first-order valence-electron chi connectivity index (χ1n) is 4.43. The molecule has 0 amide bonds. The molecule has 1 unspecified atom stereocenters. The molecule has 66 valence electrons. The maximum Gasteiger partial charge on any atom is 0.0910 e. The lowest BCUT2D eigenvalue weighted by molar-refractivity contribution is 0.157. The lowest BCUT2D eigenvalue weighted by Gasteiger charge is -2.04. The van der Waals surface area contributed by atoms with Gasteiger partial charge < -0.3 is 5.11 Å². The van der Waals surface area contributed by atoms with Gasteiger partial charge in [-0.2, -0.15) is 0 Å². The first-order chi connectivity index (χ1) is 5.68. The van der Waals surface area contributed by atoms with Gasteiger partial charge in [0.05, 0.1) is 6.10 Å². The van der Waals surface area contributed by atoms with E-state index in [1.54, 1.807) is 11.3 Å². The van der Waals surface area contributed by atoms with Gasteiger partial charge in [0.1, 0.15) is 0 Å². The van der Waals surface area contributed by atoms with E-state index < -0.39 is 0 Å². The molecular formula is C10H14OS. The van der Waals surface area contributed by atoms with E-state index in [9.17, 15) is 5.11 Å². The Hall–Kier alpha value is -0.340. The van der Waals surface area contributed by atoms with Crippen LogP contribution in [0.5, 0.6) is 0 Å². The van der Waals surface area contributed by atoms with Crippen molar-refractivity contribution >= 4 is 11.3 Å². The van der Waals surface area contributed by atoms with Gasteiger partial charge in [0.15, 0.2) is 0 Å². The topological polar surface area (TPSA) is 20.2 Å². The monoisotopic (exact) mass is 182 g/mol. The Labute approximate surface area is 77.0 Å². The van der Waals surface area contributed by atoms with Gasteiger partial charge in [-0.1, -0.05) is 0 Å². The maximum absolute atomic E-state index is 9.81. The third kappa shape index (κ3) is 1.41. The molecule has 0 aliphatic heterocycles. The van der Waals surface area contributed by atoms with E-state index >= 15 is 0 Å². The lowest BCUT2D eigenvalue weighted by atomic mass is 10.2. The van der Waals surface area contributed by atoms with Gasteiger partial charge in [-0.05, 0) is 44.2 Å². The van der Waals surface area contributed by atoms with Crippen LogP contribution >= 0.6 is 11.3 Å². The zero-order valence-corrected chi connectivity index (χ0v) is 8.32.